The Morgan fingerprint density at radius 2 is 2.06 bits per heavy atom. The minimum absolute atomic E-state index is 0.0162. The number of carbonyl (C=O) groups is 1. The maximum absolute atomic E-state index is 11.7. The van der Waals surface area contributed by atoms with Gasteiger partial charge in [0.15, 0.2) is 0 Å². The van der Waals surface area contributed by atoms with Crippen LogP contribution in [0, 0.1) is 5.92 Å². The Hall–Kier alpha value is -1.51. The average Bonchev–Trinajstić information content (AvgIpc) is 2.30. The van der Waals surface area contributed by atoms with E-state index in [0.717, 1.165) is 24.9 Å². The molecule has 0 atom stereocenters. The molecule has 0 saturated heterocycles. The smallest absolute Gasteiger partial charge is 0.224 e. The summed E-state index contributed by atoms with van der Waals surface area (Å²) in [7, 11) is 0. The third-order valence-electron chi connectivity index (χ3n) is 3.02. The van der Waals surface area contributed by atoms with Crippen molar-refractivity contribution in [2.45, 2.75) is 33.1 Å². The SMILES string of the molecule is CCC(CC)CNC(=O)Cc1cccc(O)c1. The van der Waals surface area contributed by atoms with Gasteiger partial charge in [-0.1, -0.05) is 38.8 Å². The summed E-state index contributed by atoms with van der Waals surface area (Å²) in [4.78, 5) is 11.7. The minimum atomic E-state index is 0.0162. The van der Waals surface area contributed by atoms with Crippen LogP contribution in [-0.2, 0) is 11.2 Å². The Labute approximate surface area is 103 Å². The largest absolute Gasteiger partial charge is 0.508 e. The van der Waals surface area contributed by atoms with Crippen LogP contribution in [-0.4, -0.2) is 17.6 Å². The van der Waals surface area contributed by atoms with Crippen LogP contribution < -0.4 is 5.32 Å². The average molecular weight is 235 g/mol. The Kier molecular flexibility index (Phi) is 5.53. The molecule has 0 spiro atoms. The second kappa shape index (κ2) is 6.94. The van der Waals surface area contributed by atoms with Gasteiger partial charge in [0, 0.05) is 6.54 Å². The van der Waals surface area contributed by atoms with Crippen molar-refractivity contribution >= 4 is 5.91 Å². The van der Waals surface area contributed by atoms with Gasteiger partial charge in [-0.3, -0.25) is 4.79 Å². The first-order valence-corrected chi connectivity index (χ1v) is 6.20. The van der Waals surface area contributed by atoms with Crippen LogP contribution in [0.15, 0.2) is 24.3 Å². The molecule has 0 fully saturated rings. The highest BCUT2D eigenvalue weighted by atomic mass is 16.3. The van der Waals surface area contributed by atoms with Gasteiger partial charge in [0.25, 0.3) is 0 Å². The zero-order valence-corrected chi connectivity index (χ0v) is 10.6. The Morgan fingerprint density at radius 1 is 1.35 bits per heavy atom. The quantitative estimate of drug-likeness (QED) is 0.796. The van der Waals surface area contributed by atoms with Gasteiger partial charge in [-0.2, -0.15) is 0 Å². The van der Waals surface area contributed by atoms with E-state index in [1.165, 1.54) is 0 Å². The van der Waals surface area contributed by atoms with Crippen molar-refractivity contribution in [1.29, 1.82) is 0 Å². The third-order valence-corrected chi connectivity index (χ3v) is 3.02. The fourth-order valence-electron chi connectivity index (χ4n) is 1.75. The number of benzene rings is 1. The van der Waals surface area contributed by atoms with E-state index < -0.39 is 0 Å². The topological polar surface area (TPSA) is 49.3 Å². The van der Waals surface area contributed by atoms with Gasteiger partial charge in [0.2, 0.25) is 5.91 Å². The Bertz CT molecular complexity index is 359. The number of carbonyl (C=O) groups excluding carboxylic acids is 1. The highest BCUT2D eigenvalue weighted by Gasteiger charge is 2.07. The summed E-state index contributed by atoms with van der Waals surface area (Å²) in [6, 6.07) is 6.82. The molecule has 1 aromatic rings. The normalized spacial score (nSPS) is 10.5. The Morgan fingerprint density at radius 3 is 2.65 bits per heavy atom. The second-order valence-electron chi connectivity index (χ2n) is 4.33. The summed E-state index contributed by atoms with van der Waals surface area (Å²) < 4.78 is 0. The van der Waals surface area contributed by atoms with Gasteiger partial charge >= 0.3 is 0 Å². The number of amides is 1. The fraction of sp³-hybridized carbons (Fsp3) is 0.500. The standard InChI is InChI=1S/C14H21NO2/c1-3-11(4-2)10-15-14(17)9-12-6-5-7-13(16)8-12/h5-8,11,16H,3-4,9-10H2,1-2H3,(H,15,17). The van der Waals surface area contributed by atoms with Crippen molar-refractivity contribution in [2.75, 3.05) is 6.54 Å². The number of hydrogen-bond acceptors (Lipinski definition) is 2. The first-order valence-electron chi connectivity index (χ1n) is 6.20. The molecule has 17 heavy (non-hydrogen) atoms. The molecular formula is C14H21NO2. The molecule has 0 aliphatic heterocycles. The number of aromatic hydroxyl groups is 1. The molecule has 0 radical (unpaired) electrons. The first kappa shape index (κ1) is 13.6. The van der Waals surface area contributed by atoms with Gasteiger partial charge in [-0.05, 0) is 23.6 Å². The van der Waals surface area contributed by atoms with Crippen LogP contribution >= 0.6 is 0 Å². The van der Waals surface area contributed by atoms with E-state index in [1.54, 1.807) is 18.2 Å². The number of phenols is 1. The molecule has 94 valence electrons. The van der Waals surface area contributed by atoms with Crippen LogP contribution in [0.5, 0.6) is 5.75 Å². The molecule has 2 N–H and O–H groups in total. The van der Waals surface area contributed by atoms with E-state index >= 15 is 0 Å². The molecule has 1 amide bonds. The molecule has 0 heterocycles. The first-order chi connectivity index (χ1) is 8.15. The van der Waals surface area contributed by atoms with E-state index in [1.807, 2.05) is 6.07 Å². The van der Waals surface area contributed by atoms with Gasteiger partial charge in [-0.15, -0.1) is 0 Å². The monoisotopic (exact) mass is 235 g/mol. The van der Waals surface area contributed by atoms with Crippen molar-refractivity contribution in [3.05, 3.63) is 29.8 Å². The molecule has 1 rings (SSSR count). The second-order valence-corrected chi connectivity index (χ2v) is 4.33. The highest BCUT2D eigenvalue weighted by Crippen LogP contribution is 2.11. The molecule has 0 aliphatic rings. The molecule has 0 aromatic heterocycles. The van der Waals surface area contributed by atoms with Crippen molar-refractivity contribution in [3.63, 3.8) is 0 Å². The van der Waals surface area contributed by atoms with E-state index in [9.17, 15) is 9.90 Å². The lowest BCUT2D eigenvalue weighted by atomic mass is 10.0. The molecular weight excluding hydrogens is 214 g/mol. The summed E-state index contributed by atoms with van der Waals surface area (Å²) in [5.74, 6) is 0.779. The number of rotatable bonds is 6. The van der Waals surface area contributed by atoms with E-state index in [4.69, 9.17) is 0 Å². The third kappa shape index (κ3) is 4.89. The summed E-state index contributed by atoms with van der Waals surface area (Å²) in [5.41, 5.74) is 0.840. The minimum Gasteiger partial charge on any atom is -0.508 e. The lowest BCUT2D eigenvalue weighted by Crippen LogP contribution is -2.30. The molecule has 0 saturated carbocycles. The summed E-state index contributed by atoms with van der Waals surface area (Å²) >= 11 is 0. The summed E-state index contributed by atoms with van der Waals surface area (Å²) in [5, 5.41) is 12.2. The number of hydrogen-bond donors (Lipinski definition) is 2. The van der Waals surface area contributed by atoms with Crippen molar-refractivity contribution in [3.8, 4) is 5.75 Å². The molecule has 0 aliphatic carbocycles. The molecule has 3 heteroatoms. The van der Waals surface area contributed by atoms with Crippen LogP contribution in [0.1, 0.15) is 32.3 Å². The number of nitrogens with one attached hydrogen (secondary N) is 1. The van der Waals surface area contributed by atoms with Gasteiger partial charge < -0.3 is 10.4 Å². The van der Waals surface area contributed by atoms with Crippen molar-refractivity contribution < 1.29 is 9.90 Å². The van der Waals surface area contributed by atoms with Gasteiger partial charge in [0.05, 0.1) is 6.42 Å². The molecule has 1 aromatic carbocycles. The zero-order chi connectivity index (χ0) is 12.7. The fourth-order valence-corrected chi connectivity index (χ4v) is 1.75. The molecule has 0 unspecified atom stereocenters. The molecule has 3 nitrogen and oxygen atoms in total. The molecule has 0 bridgehead atoms. The summed E-state index contributed by atoms with van der Waals surface area (Å²) in [6.45, 7) is 5.01. The highest BCUT2D eigenvalue weighted by molar-refractivity contribution is 5.78. The lowest BCUT2D eigenvalue weighted by molar-refractivity contribution is -0.120. The maximum atomic E-state index is 11.7. The van der Waals surface area contributed by atoms with Crippen LogP contribution in [0.2, 0.25) is 0 Å². The lowest BCUT2D eigenvalue weighted by Gasteiger charge is -2.13. The summed E-state index contributed by atoms with van der Waals surface area (Å²) in [6.07, 6.45) is 2.50. The predicted octanol–water partition coefficient (Wildman–Crippen LogP) is 2.49. The number of phenolic OH excluding ortho intramolecular Hbond substituents is 1. The van der Waals surface area contributed by atoms with Crippen molar-refractivity contribution in [2.24, 2.45) is 5.92 Å². The van der Waals surface area contributed by atoms with E-state index in [2.05, 4.69) is 19.2 Å². The van der Waals surface area contributed by atoms with Gasteiger partial charge in [-0.25, -0.2) is 0 Å². The van der Waals surface area contributed by atoms with Crippen LogP contribution in [0.25, 0.3) is 0 Å². The van der Waals surface area contributed by atoms with Gasteiger partial charge in [0.1, 0.15) is 5.75 Å². The maximum Gasteiger partial charge on any atom is 0.224 e. The van der Waals surface area contributed by atoms with Crippen LogP contribution in [0.4, 0.5) is 0 Å². The predicted molar refractivity (Wildman–Crippen MR) is 68.9 cm³/mol. The zero-order valence-electron chi connectivity index (χ0n) is 10.6. The van der Waals surface area contributed by atoms with E-state index in [0.29, 0.717) is 12.3 Å². The Balaban J connectivity index is 2.39. The van der Waals surface area contributed by atoms with Crippen molar-refractivity contribution in [1.82, 2.24) is 5.32 Å². The van der Waals surface area contributed by atoms with Crippen LogP contribution in [0.3, 0.4) is 0 Å². The van der Waals surface area contributed by atoms with E-state index in [-0.39, 0.29) is 11.7 Å².